The third-order valence-corrected chi connectivity index (χ3v) is 3.66. The van der Waals surface area contributed by atoms with Gasteiger partial charge in [0.05, 0.1) is 0 Å². The predicted molar refractivity (Wildman–Crippen MR) is 92.0 cm³/mol. The largest absolute Gasteiger partial charge is 0.0859 e. The zero-order valence-electron chi connectivity index (χ0n) is 13.8. The third-order valence-electron chi connectivity index (χ3n) is 3.66. The summed E-state index contributed by atoms with van der Waals surface area (Å²) in [7, 11) is 0. The summed E-state index contributed by atoms with van der Waals surface area (Å²) >= 11 is 0. The lowest BCUT2D eigenvalue weighted by Gasteiger charge is -2.07. The molecule has 1 atom stereocenters. The van der Waals surface area contributed by atoms with Crippen molar-refractivity contribution in [1.82, 2.24) is 0 Å². The van der Waals surface area contributed by atoms with Gasteiger partial charge in [0, 0.05) is 0 Å². The first-order chi connectivity index (χ1) is 9.49. The number of benzene rings is 1. The van der Waals surface area contributed by atoms with E-state index in [1.165, 1.54) is 36.0 Å². The third kappa shape index (κ3) is 6.75. The molecule has 1 aromatic carbocycles. The van der Waals surface area contributed by atoms with Gasteiger partial charge in [-0.2, -0.15) is 0 Å². The molecular formula is C20H30. The van der Waals surface area contributed by atoms with E-state index in [1.807, 2.05) is 0 Å². The predicted octanol–water partition coefficient (Wildman–Crippen LogP) is 6.60. The molecule has 0 bridgehead atoms. The van der Waals surface area contributed by atoms with Crippen LogP contribution in [-0.4, -0.2) is 0 Å². The average molecular weight is 270 g/mol. The van der Waals surface area contributed by atoms with E-state index in [-0.39, 0.29) is 0 Å². The van der Waals surface area contributed by atoms with Crippen LogP contribution in [0.5, 0.6) is 0 Å². The highest BCUT2D eigenvalue weighted by atomic mass is 14.0. The Labute approximate surface area is 125 Å². The Hall–Kier alpha value is -1.30. The summed E-state index contributed by atoms with van der Waals surface area (Å²) in [5.74, 6) is 1.37. The molecular weight excluding hydrogens is 240 g/mol. The molecule has 1 aromatic rings. The fourth-order valence-electron chi connectivity index (χ4n) is 2.20. The Kier molecular flexibility index (Phi) is 7.36. The zero-order valence-corrected chi connectivity index (χ0v) is 13.8. The standard InChI is InChI=1S/C20H30/c1-16(2)8-6-9-18(5)10-7-11-19-12-14-20(15-13-19)17(3)4/h7-8,11-15,17-18H,6,9-10H2,1-5H3. The van der Waals surface area contributed by atoms with Gasteiger partial charge in [-0.15, -0.1) is 0 Å². The molecule has 0 aliphatic rings. The number of hydrogen-bond donors (Lipinski definition) is 0. The van der Waals surface area contributed by atoms with Gasteiger partial charge in [0.2, 0.25) is 0 Å². The van der Waals surface area contributed by atoms with Crippen molar-refractivity contribution in [1.29, 1.82) is 0 Å². The van der Waals surface area contributed by atoms with Crippen LogP contribution in [0.25, 0.3) is 6.08 Å². The Morgan fingerprint density at radius 1 is 1.05 bits per heavy atom. The molecule has 0 saturated carbocycles. The quantitative estimate of drug-likeness (QED) is 0.490. The van der Waals surface area contributed by atoms with Crippen molar-refractivity contribution in [2.45, 2.75) is 59.8 Å². The molecule has 1 unspecified atom stereocenters. The van der Waals surface area contributed by atoms with Crippen LogP contribution in [0.15, 0.2) is 42.0 Å². The highest BCUT2D eigenvalue weighted by Gasteiger charge is 1.99. The second-order valence-electron chi connectivity index (χ2n) is 6.42. The Balaban J connectivity index is 2.38. The molecule has 0 fully saturated rings. The van der Waals surface area contributed by atoms with E-state index in [2.05, 4.69) is 77.1 Å². The van der Waals surface area contributed by atoms with Crippen molar-refractivity contribution in [2.75, 3.05) is 0 Å². The topological polar surface area (TPSA) is 0 Å². The van der Waals surface area contributed by atoms with Gasteiger partial charge in [0.15, 0.2) is 0 Å². The molecule has 1 rings (SSSR count). The van der Waals surface area contributed by atoms with Crippen LogP contribution in [0.1, 0.15) is 70.9 Å². The highest BCUT2D eigenvalue weighted by Crippen LogP contribution is 2.17. The summed E-state index contributed by atoms with van der Waals surface area (Å²) < 4.78 is 0. The van der Waals surface area contributed by atoms with Crippen LogP contribution in [0.3, 0.4) is 0 Å². The first-order valence-corrected chi connectivity index (χ1v) is 7.89. The second kappa shape index (κ2) is 8.79. The van der Waals surface area contributed by atoms with Crippen molar-refractivity contribution >= 4 is 6.08 Å². The lowest BCUT2D eigenvalue weighted by molar-refractivity contribution is 0.546. The van der Waals surface area contributed by atoms with Crippen molar-refractivity contribution in [2.24, 2.45) is 5.92 Å². The molecule has 110 valence electrons. The lowest BCUT2D eigenvalue weighted by Crippen LogP contribution is -1.91. The molecule has 0 spiro atoms. The molecule has 0 amide bonds. The van der Waals surface area contributed by atoms with Crippen LogP contribution >= 0.6 is 0 Å². The van der Waals surface area contributed by atoms with Crippen LogP contribution in [0.4, 0.5) is 0 Å². The first-order valence-electron chi connectivity index (χ1n) is 7.89. The molecule has 0 saturated heterocycles. The molecule has 0 heteroatoms. The Bertz CT molecular complexity index is 428. The molecule has 20 heavy (non-hydrogen) atoms. The maximum atomic E-state index is 2.34. The minimum absolute atomic E-state index is 0.614. The smallest absolute Gasteiger partial charge is 0.0219 e. The van der Waals surface area contributed by atoms with Crippen LogP contribution in [-0.2, 0) is 0 Å². The monoisotopic (exact) mass is 270 g/mol. The van der Waals surface area contributed by atoms with Crippen molar-refractivity contribution in [3.63, 3.8) is 0 Å². The van der Waals surface area contributed by atoms with Crippen LogP contribution in [0.2, 0.25) is 0 Å². The van der Waals surface area contributed by atoms with E-state index in [9.17, 15) is 0 Å². The molecule has 0 aliphatic carbocycles. The summed E-state index contributed by atoms with van der Waals surface area (Å²) in [6.45, 7) is 11.2. The Morgan fingerprint density at radius 3 is 2.25 bits per heavy atom. The Morgan fingerprint density at radius 2 is 1.70 bits per heavy atom. The van der Waals surface area contributed by atoms with Gasteiger partial charge in [0.1, 0.15) is 0 Å². The van der Waals surface area contributed by atoms with Crippen LogP contribution < -0.4 is 0 Å². The molecule has 0 aromatic heterocycles. The first kappa shape index (κ1) is 16.8. The number of allylic oxidation sites excluding steroid dienone is 3. The minimum Gasteiger partial charge on any atom is -0.0859 e. The van der Waals surface area contributed by atoms with Gasteiger partial charge < -0.3 is 0 Å². The van der Waals surface area contributed by atoms with Gasteiger partial charge in [-0.1, -0.05) is 68.8 Å². The van der Waals surface area contributed by atoms with E-state index >= 15 is 0 Å². The van der Waals surface area contributed by atoms with E-state index in [0.717, 1.165) is 5.92 Å². The molecule has 0 N–H and O–H groups in total. The molecule has 0 nitrogen and oxygen atoms in total. The van der Waals surface area contributed by atoms with Gasteiger partial charge in [-0.05, 0) is 56.1 Å². The van der Waals surface area contributed by atoms with Crippen molar-refractivity contribution in [3.8, 4) is 0 Å². The van der Waals surface area contributed by atoms with Gasteiger partial charge in [0.25, 0.3) is 0 Å². The van der Waals surface area contributed by atoms with Crippen LogP contribution in [0, 0.1) is 5.92 Å². The van der Waals surface area contributed by atoms with Gasteiger partial charge >= 0.3 is 0 Å². The lowest BCUT2D eigenvalue weighted by atomic mass is 9.99. The SMILES string of the molecule is CC(C)=CCCC(C)CC=Cc1ccc(C(C)C)cc1. The van der Waals surface area contributed by atoms with E-state index in [1.54, 1.807) is 0 Å². The minimum atomic E-state index is 0.614. The number of hydrogen-bond acceptors (Lipinski definition) is 0. The summed E-state index contributed by atoms with van der Waals surface area (Å²) in [5, 5.41) is 0. The summed E-state index contributed by atoms with van der Waals surface area (Å²) in [4.78, 5) is 0. The maximum Gasteiger partial charge on any atom is -0.0219 e. The summed E-state index contributed by atoms with van der Waals surface area (Å²) in [5.41, 5.74) is 4.15. The zero-order chi connectivity index (χ0) is 15.0. The van der Waals surface area contributed by atoms with Crippen molar-refractivity contribution in [3.05, 3.63) is 53.1 Å². The average Bonchev–Trinajstić information content (AvgIpc) is 2.39. The fraction of sp³-hybridized carbons (Fsp3) is 0.500. The maximum absolute atomic E-state index is 2.34. The second-order valence-corrected chi connectivity index (χ2v) is 6.42. The fourth-order valence-corrected chi connectivity index (χ4v) is 2.20. The summed E-state index contributed by atoms with van der Waals surface area (Å²) in [6, 6.07) is 8.92. The number of rotatable bonds is 7. The molecule has 0 heterocycles. The van der Waals surface area contributed by atoms with E-state index < -0.39 is 0 Å². The van der Waals surface area contributed by atoms with Gasteiger partial charge in [-0.25, -0.2) is 0 Å². The molecule has 0 aliphatic heterocycles. The highest BCUT2D eigenvalue weighted by molar-refractivity contribution is 5.49. The molecule has 0 radical (unpaired) electrons. The normalized spacial score (nSPS) is 12.9. The van der Waals surface area contributed by atoms with Gasteiger partial charge in [-0.3, -0.25) is 0 Å². The van der Waals surface area contributed by atoms with Crippen molar-refractivity contribution < 1.29 is 0 Å². The summed E-state index contributed by atoms with van der Waals surface area (Å²) in [6.07, 6.45) is 10.6. The van der Waals surface area contributed by atoms with E-state index in [4.69, 9.17) is 0 Å². The van der Waals surface area contributed by atoms with E-state index in [0.29, 0.717) is 5.92 Å².